The highest BCUT2D eigenvalue weighted by Gasteiger charge is 2.21. The second-order valence-electron chi connectivity index (χ2n) is 8.17. The molecule has 0 unspecified atom stereocenters. The van der Waals surface area contributed by atoms with Gasteiger partial charge in [0.15, 0.2) is 11.5 Å². The summed E-state index contributed by atoms with van der Waals surface area (Å²) in [5, 5.41) is 23.6. The summed E-state index contributed by atoms with van der Waals surface area (Å²) in [5.74, 6) is 0.0888. The van der Waals surface area contributed by atoms with E-state index in [1.165, 1.54) is 23.1 Å². The third-order valence-electron chi connectivity index (χ3n) is 5.83. The fraction of sp³-hybridized carbons (Fsp3) is 0.125. The molecular weight excluding hydrogens is 484 g/mol. The first-order chi connectivity index (χ1) is 17.2. The Morgan fingerprint density at radius 1 is 1.08 bits per heavy atom. The van der Waals surface area contributed by atoms with E-state index in [0.29, 0.717) is 28.4 Å². The summed E-state index contributed by atoms with van der Waals surface area (Å²) >= 11 is 6.15. The van der Waals surface area contributed by atoms with Gasteiger partial charge >= 0.3 is 0 Å². The van der Waals surface area contributed by atoms with Gasteiger partial charge in [-0.05, 0) is 44.0 Å². The quantitative estimate of drug-likeness (QED) is 0.271. The Kier molecular flexibility index (Phi) is 5.69. The highest BCUT2D eigenvalue weighted by Crippen LogP contribution is 2.27. The van der Waals surface area contributed by atoms with Gasteiger partial charge in [0.1, 0.15) is 12.1 Å². The molecule has 0 atom stereocenters. The van der Waals surface area contributed by atoms with Crippen molar-refractivity contribution in [2.45, 2.75) is 20.8 Å². The van der Waals surface area contributed by atoms with Crippen LogP contribution >= 0.6 is 11.6 Å². The fourth-order valence-corrected chi connectivity index (χ4v) is 4.08. The maximum atomic E-state index is 13.0. The number of hydrogen-bond acceptors (Lipinski definition) is 7. The molecule has 0 spiro atoms. The average molecular weight is 503 g/mol. The summed E-state index contributed by atoms with van der Waals surface area (Å²) in [5.41, 5.74) is 3.99. The lowest BCUT2D eigenvalue weighted by atomic mass is 10.1. The largest absolute Gasteiger partial charge is 0.306 e. The van der Waals surface area contributed by atoms with Crippen molar-refractivity contribution in [1.82, 2.24) is 29.5 Å². The van der Waals surface area contributed by atoms with Gasteiger partial charge in [-0.3, -0.25) is 14.9 Å². The van der Waals surface area contributed by atoms with Crippen molar-refractivity contribution >= 4 is 40.0 Å². The number of fused-ring (bicyclic) bond motifs is 1. The molecule has 5 rings (SSSR count). The van der Waals surface area contributed by atoms with E-state index in [0.717, 1.165) is 22.9 Å². The molecule has 2 aromatic carbocycles. The molecule has 11 nitrogen and oxygen atoms in total. The van der Waals surface area contributed by atoms with Crippen LogP contribution in [0.3, 0.4) is 0 Å². The summed E-state index contributed by atoms with van der Waals surface area (Å²) in [6, 6.07) is 11.3. The molecule has 0 aliphatic heterocycles. The lowest BCUT2D eigenvalue weighted by Gasteiger charge is -2.11. The smallest absolute Gasteiger partial charge is 0.270 e. The summed E-state index contributed by atoms with van der Waals surface area (Å²) in [6.07, 6.45) is 3.05. The van der Waals surface area contributed by atoms with E-state index in [1.54, 1.807) is 23.9 Å². The van der Waals surface area contributed by atoms with Crippen molar-refractivity contribution in [3.8, 4) is 11.5 Å². The van der Waals surface area contributed by atoms with Crippen molar-refractivity contribution in [2.75, 3.05) is 5.32 Å². The lowest BCUT2D eigenvalue weighted by molar-refractivity contribution is -0.384. The SMILES string of the molecule is Cc1cc(NC(=O)c2cc([N+](=O)[O-])ccc2Cl)n(-c2ncnc3c2cnn3-c2cccc(C)c2C)n1. The van der Waals surface area contributed by atoms with E-state index in [4.69, 9.17) is 11.6 Å². The summed E-state index contributed by atoms with van der Waals surface area (Å²) in [4.78, 5) is 32.4. The second kappa shape index (κ2) is 8.86. The van der Waals surface area contributed by atoms with Crippen LogP contribution in [0.2, 0.25) is 5.02 Å². The van der Waals surface area contributed by atoms with Crippen LogP contribution in [0.15, 0.2) is 55.0 Å². The zero-order valence-electron chi connectivity index (χ0n) is 19.4. The number of hydrogen-bond donors (Lipinski definition) is 1. The van der Waals surface area contributed by atoms with Gasteiger partial charge in [-0.15, -0.1) is 0 Å². The number of nitrogens with one attached hydrogen (secondary N) is 1. The first-order valence-corrected chi connectivity index (χ1v) is 11.2. The highest BCUT2D eigenvalue weighted by molar-refractivity contribution is 6.34. The molecule has 3 aromatic heterocycles. The monoisotopic (exact) mass is 502 g/mol. The number of aryl methyl sites for hydroxylation is 2. The topological polar surface area (TPSA) is 134 Å². The van der Waals surface area contributed by atoms with Gasteiger partial charge in [-0.25, -0.2) is 14.6 Å². The number of carbonyl (C=O) groups is 1. The van der Waals surface area contributed by atoms with Gasteiger partial charge in [0.25, 0.3) is 11.6 Å². The number of nitro benzene ring substituents is 1. The van der Waals surface area contributed by atoms with Crippen molar-refractivity contribution in [3.63, 3.8) is 0 Å². The first-order valence-electron chi connectivity index (χ1n) is 10.8. The van der Waals surface area contributed by atoms with Gasteiger partial charge in [0.2, 0.25) is 0 Å². The number of benzene rings is 2. The summed E-state index contributed by atoms with van der Waals surface area (Å²) in [7, 11) is 0. The van der Waals surface area contributed by atoms with Crippen LogP contribution in [-0.2, 0) is 0 Å². The molecule has 0 saturated carbocycles. The van der Waals surface area contributed by atoms with Crippen LogP contribution in [0.25, 0.3) is 22.5 Å². The van der Waals surface area contributed by atoms with E-state index in [-0.39, 0.29) is 16.3 Å². The number of rotatable bonds is 5. The predicted molar refractivity (Wildman–Crippen MR) is 134 cm³/mol. The molecule has 0 saturated heterocycles. The van der Waals surface area contributed by atoms with Crippen LogP contribution in [-0.4, -0.2) is 40.4 Å². The minimum atomic E-state index is -0.624. The van der Waals surface area contributed by atoms with Crippen LogP contribution < -0.4 is 5.32 Å². The van der Waals surface area contributed by atoms with Gasteiger partial charge < -0.3 is 5.32 Å². The average Bonchev–Trinajstić information content (AvgIpc) is 3.44. The molecule has 1 N–H and O–H groups in total. The maximum absolute atomic E-state index is 13.0. The normalized spacial score (nSPS) is 11.1. The number of halogens is 1. The van der Waals surface area contributed by atoms with Gasteiger partial charge in [-0.2, -0.15) is 14.9 Å². The maximum Gasteiger partial charge on any atom is 0.270 e. The molecule has 1 amide bonds. The minimum absolute atomic E-state index is 0.0353. The van der Waals surface area contributed by atoms with Gasteiger partial charge in [0, 0.05) is 18.2 Å². The van der Waals surface area contributed by atoms with Crippen LogP contribution in [0.4, 0.5) is 11.5 Å². The Morgan fingerprint density at radius 3 is 2.67 bits per heavy atom. The molecule has 3 heterocycles. The number of aromatic nitrogens is 6. The van der Waals surface area contributed by atoms with E-state index in [1.807, 2.05) is 32.0 Å². The van der Waals surface area contributed by atoms with Crippen LogP contribution in [0.5, 0.6) is 0 Å². The van der Waals surface area contributed by atoms with E-state index >= 15 is 0 Å². The van der Waals surface area contributed by atoms with Crippen molar-refractivity contribution in [3.05, 3.63) is 92.5 Å². The Bertz CT molecular complexity index is 1670. The summed E-state index contributed by atoms with van der Waals surface area (Å²) in [6.45, 7) is 5.81. The first kappa shape index (κ1) is 23.1. The number of nitrogens with zero attached hydrogens (tertiary/aromatic N) is 7. The zero-order chi connectivity index (χ0) is 25.6. The molecule has 36 heavy (non-hydrogen) atoms. The van der Waals surface area contributed by atoms with Gasteiger partial charge in [0.05, 0.1) is 38.5 Å². The molecule has 5 aromatic rings. The zero-order valence-corrected chi connectivity index (χ0v) is 20.2. The molecular formula is C24H19ClN8O3. The van der Waals surface area contributed by atoms with E-state index in [2.05, 4.69) is 25.5 Å². The summed E-state index contributed by atoms with van der Waals surface area (Å²) < 4.78 is 3.21. The number of anilines is 1. The van der Waals surface area contributed by atoms with Crippen molar-refractivity contribution < 1.29 is 9.72 Å². The van der Waals surface area contributed by atoms with Crippen LogP contribution in [0.1, 0.15) is 27.2 Å². The number of carbonyl (C=O) groups excluding carboxylic acids is 1. The molecule has 12 heteroatoms. The van der Waals surface area contributed by atoms with Gasteiger partial charge in [-0.1, -0.05) is 23.7 Å². The van der Waals surface area contributed by atoms with Crippen molar-refractivity contribution in [1.29, 1.82) is 0 Å². The third kappa shape index (κ3) is 3.95. The standard InChI is InChI=1S/C24H19ClN8O3/c1-13-5-4-6-20(15(13)3)31-22-18(11-28-31)23(27-12-26-22)32-21(9-14(2)30-32)29-24(34)17-10-16(33(35)36)7-8-19(17)25/h4-12H,1-3H3,(H,29,34). The molecule has 0 aliphatic rings. The molecule has 0 aliphatic carbocycles. The Labute approximate surface area is 209 Å². The molecule has 0 bridgehead atoms. The molecule has 0 fully saturated rings. The Morgan fingerprint density at radius 2 is 1.89 bits per heavy atom. The second-order valence-corrected chi connectivity index (χ2v) is 8.58. The van der Waals surface area contributed by atoms with Crippen molar-refractivity contribution in [2.24, 2.45) is 0 Å². The number of amides is 1. The Balaban J connectivity index is 1.57. The number of nitro groups is 1. The van der Waals surface area contributed by atoms with E-state index in [9.17, 15) is 14.9 Å². The minimum Gasteiger partial charge on any atom is -0.306 e. The predicted octanol–water partition coefficient (Wildman–Crippen LogP) is 4.74. The number of non-ortho nitro benzene ring substituents is 1. The molecule has 180 valence electrons. The lowest BCUT2D eigenvalue weighted by Crippen LogP contribution is -2.16. The highest BCUT2D eigenvalue weighted by atomic mass is 35.5. The Hall–Kier alpha value is -4.64. The van der Waals surface area contributed by atoms with E-state index < -0.39 is 10.8 Å². The molecule has 0 radical (unpaired) electrons. The third-order valence-corrected chi connectivity index (χ3v) is 6.16. The fourth-order valence-electron chi connectivity index (χ4n) is 3.88. The van der Waals surface area contributed by atoms with Crippen LogP contribution in [0, 0.1) is 30.9 Å².